The van der Waals surface area contributed by atoms with Crippen LogP contribution in [0.5, 0.6) is 5.75 Å². The molecular weight excluding hydrogens is 671 g/mol. The number of rotatable bonds is 10. The maximum atomic E-state index is 14.3. The molecule has 2 unspecified atom stereocenters. The van der Waals surface area contributed by atoms with Crippen molar-refractivity contribution in [2.45, 2.75) is 118 Å². The topological polar surface area (TPSA) is 152 Å². The summed E-state index contributed by atoms with van der Waals surface area (Å²) in [6, 6.07) is 7.17. The number of aromatic nitrogens is 2. The molecule has 2 aliphatic heterocycles. The number of benzene rings is 1. The minimum absolute atomic E-state index is 0.0393. The predicted octanol–water partition coefficient (Wildman–Crippen LogP) is 5.82. The highest BCUT2D eigenvalue weighted by molar-refractivity contribution is 6.93. The van der Waals surface area contributed by atoms with E-state index in [1.54, 1.807) is 44.4 Å². The Hall–Kier alpha value is -4.52. The van der Waals surface area contributed by atoms with Crippen molar-refractivity contribution in [3.05, 3.63) is 51.3 Å². The van der Waals surface area contributed by atoms with Crippen LogP contribution in [-0.4, -0.2) is 53.8 Å². The van der Waals surface area contributed by atoms with E-state index in [9.17, 15) is 24.0 Å². The van der Waals surface area contributed by atoms with E-state index < -0.39 is 43.3 Å². The molecule has 12 nitrogen and oxygen atoms in total. The summed E-state index contributed by atoms with van der Waals surface area (Å²) in [7, 11) is -2.30. The van der Waals surface area contributed by atoms with E-state index in [0.717, 1.165) is 16.1 Å². The predicted molar refractivity (Wildman–Crippen MR) is 195 cm³/mol. The first kappa shape index (κ1) is 37.7. The van der Waals surface area contributed by atoms with Gasteiger partial charge in [0.15, 0.2) is 0 Å². The van der Waals surface area contributed by atoms with Crippen LogP contribution in [0.1, 0.15) is 91.3 Å². The number of carbonyl (C=O) groups excluding carboxylic acids is 4. The van der Waals surface area contributed by atoms with Crippen molar-refractivity contribution in [2.24, 2.45) is 5.92 Å². The Morgan fingerprint density at radius 2 is 1.80 bits per heavy atom. The molecule has 5 rings (SSSR count). The Kier molecular flexibility index (Phi) is 10.3. The van der Waals surface area contributed by atoms with Gasteiger partial charge in [-0.1, -0.05) is 40.8 Å². The highest BCUT2D eigenvalue weighted by Crippen LogP contribution is 2.42. The van der Waals surface area contributed by atoms with Crippen LogP contribution in [0.3, 0.4) is 0 Å². The largest absolute Gasteiger partial charge is 0.457 e. The molecule has 51 heavy (non-hydrogen) atoms. The zero-order chi connectivity index (χ0) is 37.6. The number of amides is 1. The molecule has 0 bridgehead atoms. The number of cyclic esters (lactones) is 1. The summed E-state index contributed by atoms with van der Waals surface area (Å²) in [6.45, 7) is 19.8. The van der Waals surface area contributed by atoms with Crippen LogP contribution in [0.25, 0.3) is 22.3 Å². The van der Waals surface area contributed by atoms with Gasteiger partial charge < -0.3 is 28.8 Å². The third-order valence-corrected chi connectivity index (χ3v) is 15.0. The molecule has 1 aromatic carbocycles. The number of ether oxygens (including phenoxy) is 4. The number of fused-ring (bicyclic) bond motifs is 5. The van der Waals surface area contributed by atoms with Crippen LogP contribution in [0.4, 0.5) is 4.79 Å². The number of nitrogens with one attached hydrogen (secondary N) is 1. The van der Waals surface area contributed by atoms with Crippen LogP contribution in [0, 0.1) is 5.92 Å². The Morgan fingerprint density at radius 3 is 2.43 bits per heavy atom. The van der Waals surface area contributed by atoms with Crippen molar-refractivity contribution in [3.63, 3.8) is 0 Å². The van der Waals surface area contributed by atoms with E-state index in [0.29, 0.717) is 39.7 Å². The number of hydrogen-bond acceptors (Lipinski definition) is 10. The van der Waals surface area contributed by atoms with Crippen LogP contribution < -0.4 is 20.8 Å². The molecule has 4 heterocycles. The molecule has 2 aromatic heterocycles. The normalized spacial score (nSPS) is 17.3. The molecule has 0 saturated carbocycles. The van der Waals surface area contributed by atoms with Gasteiger partial charge in [0.25, 0.3) is 5.56 Å². The van der Waals surface area contributed by atoms with Gasteiger partial charge in [-0.3, -0.25) is 14.4 Å². The number of esters is 3. The van der Waals surface area contributed by atoms with Crippen molar-refractivity contribution >= 4 is 48.2 Å². The summed E-state index contributed by atoms with van der Waals surface area (Å²) in [5, 5.41) is 4.64. The zero-order valence-corrected chi connectivity index (χ0v) is 32.3. The van der Waals surface area contributed by atoms with E-state index in [1.165, 1.54) is 6.92 Å². The molecule has 0 fully saturated rings. The molecule has 13 heteroatoms. The van der Waals surface area contributed by atoms with Gasteiger partial charge in [0.2, 0.25) is 5.60 Å². The first-order valence-electron chi connectivity index (χ1n) is 17.6. The van der Waals surface area contributed by atoms with Crippen molar-refractivity contribution in [1.29, 1.82) is 0 Å². The standard InChI is InChI=1S/C38H49N3O9Si/c1-11-38(49-31(43)13-12-16-39-36(46)50-37(6,7)8)28-18-30-32-26(19-41(30)34(44)27(28)20-47-35(38)45)33(51(9,10)22(4)21(2)3)25-17-24(48-23(5)42)14-15-29(25)40-32/h14-15,17-18,21-22H,11-13,16,19-20H2,1-10H3,(H,39,46). The highest BCUT2D eigenvalue weighted by atomic mass is 28.3. The maximum absolute atomic E-state index is 14.3. The maximum Gasteiger partial charge on any atom is 0.407 e. The summed E-state index contributed by atoms with van der Waals surface area (Å²) in [5.74, 6) is -1.02. The number of carbonyl (C=O) groups is 4. The molecule has 274 valence electrons. The van der Waals surface area contributed by atoms with Crippen LogP contribution >= 0.6 is 0 Å². The Morgan fingerprint density at radius 1 is 1.10 bits per heavy atom. The summed E-state index contributed by atoms with van der Waals surface area (Å²) in [4.78, 5) is 70.1. The van der Waals surface area contributed by atoms with Crippen molar-refractivity contribution in [3.8, 4) is 17.1 Å². The van der Waals surface area contributed by atoms with Crippen LogP contribution in [0.15, 0.2) is 29.1 Å². The number of nitrogens with zero attached hydrogens (tertiary/aromatic N) is 2. The second-order valence-electron chi connectivity index (χ2n) is 15.4. The molecule has 2 atom stereocenters. The van der Waals surface area contributed by atoms with Crippen molar-refractivity contribution in [1.82, 2.24) is 14.9 Å². The lowest BCUT2D eigenvalue weighted by atomic mass is 9.85. The molecule has 2 aliphatic rings. The van der Waals surface area contributed by atoms with E-state index in [4.69, 9.17) is 23.9 Å². The lowest BCUT2D eigenvalue weighted by Gasteiger charge is -2.35. The van der Waals surface area contributed by atoms with Gasteiger partial charge in [-0.25, -0.2) is 14.6 Å². The number of alkyl carbamates (subject to hydrolysis) is 1. The Bertz CT molecular complexity index is 1980. The third-order valence-electron chi connectivity index (χ3n) is 10.2. The highest BCUT2D eigenvalue weighted by Gasteiger charge is 2.51. The quantitative estimate of drug-likeness (QED) is 0.0698. The molecule has 1 N–H and O–H groups in total. The van der Waals surface area contributed by atoms with E-state index in [1.807, 2.05) is 12.1 Å². The fourth-order valence-electron chi connectivity index (χ4n) is 7.22. The molecule has 0 aliphatic carbocycles. The average molecular weight is 720 g/mol. The fourth-order valence-corrected chi connectivity index (χ4v) is 11.2. The van der Waals surface area contributed by atoms with Gasteiger partial charge in [-0.2, -0.15) is 0 Å². The monoisotopic (exact) mass is 719 g/mol. The Balaban J connectivity index is 1.58. The Labute approximate surface area is 299 Å². The summed E-state index contributed by atoms with van der Waals surface area (Å²) < 4.78 is 23.9. The lowest BCUT2D eigenvalue weighted by molar-refractivity contribution is -0.189. The fraction of sp³-hybridized carbons (Fsp3) is 0.526. The van der Waals surface area contributed by atoms with Crippen LogP contribution in [-0.2, 0) is 47.3 Å². The number of pyridine rings is 2. The van der Waals surface area contributed by atoms with Gasteiger partial charge in [0.1, 0.15) is 18.0 Å². The van der Waals surface area contributed by atoms with Gasteiger partial charge in [0.05, 0.1) is 37.1 Å². The minimum Gasteiger partial charge on any atom is -0.457 e. The van der Waals surface area contributed by atoms with Gasteiger partial charge >= 0.3 is 24.0 Å². The lowest BCUT2D eigenvalue weighted by Crippen LogP contribution is -2.49. The molecule has 0 saturated heterocycles. The molecule has 1 amide bonds. The molecule has 3 aromatic rings. The average Bonchev–Trinajstić information content (AvgIpc) is 3.39. The zero-order valence-electron chi connectivity index (χ0n) is 31.3. The number of hydrogen-bond donors (Lipinski definition) is 1. The van der Waals surface area contributed by atoms with E-state index in [-0.39, 0.29) is 50.1 Å². The third kappa shape index (κ3) is 7.17. The molecular formula is C38H49N3O9Si. The second-order valence-corrected chi connectivity index (χ2v) is 20.3. The summed E-state index contributed by atoms with van der Waals surface area (Å²) in [5.41, 5.74) is 0.858. The van der Waals surface area contributed by atoms with E-state index >= 15 is 0 Å². The minimum atomic E-state index is -2.30. The first-order chi connectivity index (χ1) is 23.8. The van der Waals surface area contributed by atoms with Gasteiger partial charge in [0, 0.05) is 30.8 Å². The van der Waals surface area contributed by atoms with Crippen molar-refractivity contribution in [2.75, 3.05) is 6.54 Å². The summed E-state index contributed by atoms with van der Waals surface area (Å²) >= 11 is 0. The van der Waals surface area contributed by atoms with Gasteiger partial charge in [-0.15, -0.1) is 0 Å². The molecule has 0 radical (unpaired) electrons. The SMILES string of the molecule is CCC1(OC(=O)CCCNC(=O)OC(C)(C)C)C(=O)OCc2c1cc1n(c2=O)Cc2c-1nc1ccc(OC(C)=O)cc1c2[Si](C)(C)C(C)C(C)C. The van der Waals surface area contributed by atoms with Crippen molar-refractivity contribution < 1.29 is 38.1 Å². The first-order valence-corrected chi connectivity index (χ1v) is 20.7. The summed E-state index contributed by atoms with van der Waals surface area (Å²) in [6.07, 6.45) is -0.405. The van der Waals surface area contributed by atoms with Crippen LogP contribution in [0.2, 0.25) is 18.6 Å². The smallest absolute Gasteiger partial charge is 0.407 e. The van der Waals surface area contributed by atoms with Gasteiger partial charge in [-0.05, 0) is 80.1 Å². The van der Waals surface area contributed by atoms with E-state index in [2.05, 4.69) is 39.2 Å². The molecule has 0 spiro atoms. The second kappa shape index (κ2) is 13.9.